The number of esters is 2. The van der Waals surface area contributed by atoms with Crippen molar-refractivity contribution in [3.05, 3.63) is 0 Å². The van der Waals surface area contributed by atoms with E-state index in [9.17, 15) is 28.7 Å². The van der Waals surface area contributed by atoms with Crippen LogP contribution in [0.4, 0.5) is 0 Å². The Balaban J connectivity index is 4.64. The molecular weight excluding hydrogens is 654 g/mol. The predicted octanol–water partition coefficient (Wildman–Crippen LogP) is 7.38. The Bertz CT molecular complexity index is 894. The molecule has 3 atom stereocenters. The first kappa shape index (κ1) is 46.1. The monoisotopic (exact) mass is 718 g/mol. The van der Waals surface area contributed by atoms with E-state index in [0.29, 0.717) is 12.8 Å². The summed E-state index contributed by atoms with van der Waals surface area (Å²) in [6.45, 7) is 6.20. The molecule has 0 heterocycles. The van der Waals surface area contributed by atoms with Gasteiger partial charge in [-0.3, -0.25) is 23.2 Å². The molecule has 13 nitrogen and oxygen atoms in total. The quantitative estimate of drug-likeness (QED) is 0.0306. The van der Waals surface area contributed by atoms with Crippen molar-refractivity contribution in [2.45, 2.75) is 155 Å². The van der Waals surface area contributed by atoms with Gasteiger partial charge >= 0.3 is 27.6 Å². The van der Waals surface area contributed by atoms with Crippen LogP contribution in [0.25, 0.3) is 0 Å². The SMILES string of the molecule is CC(C)CCCCCCCCCC(=O)OC[C@H](COP(=O)(O)OC[C@@H](O)COP(=O)(O)O)OC(=O)CCCCCCCCCC(C)C. The summed E-state index contributed by atoms with van der Waals surface area (Å²) in [6, 6.07) is 0. The summed E-state index contributed by atoms with van der Waals surface area (Å²) in [5.41, 5.74) is 0. The molecule has 0 aliphatic heterocycles. The zero-order valence-corrected chi connectivity index (χ0v) is 31.0. The number of rotatable bonds is 32. The second kappa shape index (κ2) is 27.9. The third-order valence-electron chi connectivity index (χ3n) is 7.34. The molecule has 1 unspecified atom stereocenters. The van der Waals surface area contributed by atoms with Crippen LogP contribution in [-0.2, 0) is 41.8 Å². The van der Waals surface area contributed by atoms with E-state index in [2.05, 4.69) is 36.7 Å². The van der Waals surface area contributed by atoms with Gasteiger partial charge in [-0.1, -0.05) is 118 Å². The fraction of sp³-hybridized carbons (Fsp3) is 0.938. The Labute approximate surface area is 282 Å². The molecule has 0 spiro atoms. The lowest BCUT2D eigenvalue weighted by Gasteiger charge is -2.20. The van der Waals surface area contributed by atoms with Crippen LogP contribution < -0.4 is 0 Å². The van der Waals surface area contributed by atoms with Crippen LogP contribution in [0.1, 0.15) is 143 Å². The molecule has 0 aliphatic rings. The molecule has 0 aromatic rings. The van der Waals surface area contributed by atoms with Crippen molar-refractivity contribution in [2.75, 3.05) is 26.4 Å². The van der Waals surface area contributed by atoms with Crippen LogP contribution in [0.3, 0.4) is 0 Å². The van der Waals surface area contributed by atoms with Crippen LogP contribution in [0.2, 0.25) is 0 Å². The van der Waals surface area contributed by atoms with Gasteiger partial charge in [0.25, 0.3) is 0 Å². The standard InChI is InChI=1S/C32H64O13P2/c1-27(2)19-15-11-7-5-9-13-17-21-31(34)41-25-30(26-44-47(39,40)43-24-29(33)23-42-46(36,37)38)45-32(35)22-18-14-10-6-8-12-16-20-28(3)4/h27-30,33H,5-26H2,1-4H3,(H,39,40)(H2,36,37,38)/t29-,30+/m0/s1. The lowest BCUT2D eigenvalue weighted by molar-refractivity contribution is -0.161. The third-order valence-corrected chi connectivity index (χ3v) is 8.78. The molecule has 0 aromatic carbocycles. The molecule has 0 radical (unpaired) electrons. The first-order valence-corrected chi connectivity index (χ1v) is 20.5. The highest BCUT2D eigenvalue weighted by Gasteiger charge is 2.28. The number of carbonyl (C=O) groups excluding carboxylic acids is 2. The number of unbranched alkanes of at least 4 members (excludes halogenated alkanes) is 12. The highest BCUT2D eigenvalue weighted by atomic mass is 31.2. The fourth-order valence-corrected chi connectivity index (χ4v) is 5.81. The van der Waals surface area contributed by atoms with E-state index in [-0.39, 0.29) is 19.4 Å². The Kier molecular flexibility index (Phi) is 27.4. The minimum atomic E-state index is -4.85. The number of aliphatic hydroxyl groups excluding tert-OH is 1. The van der Waals surface area contributed by atoms with Gasteiger partial charge in [-0.2, -0.15) is 0 Å². The first-order chi connectivity index (χ1) is 22.1. The summed E-state index contributed by atoms with van der Waals surface area (Å²) in [6.07, 6.45) is 14.6. The molecular formula is C32H64O13P2. The molecule has 0 bridgehead atoms. The first-order valence-electron chi connectivity index (χ1n) is 17.4. The number of carbonyl (C=O) groups is 2. The predicted molar refractivity (Wildman–Crippen MR) is 179 cm³/mol. The summed E-state index contributed by atoms with van der Waals surface area (Å²) < 4.78 is 47.4. The van der Waals surface area contributed by atoms with Gasteiger partial charge in [0.15, 0.2) is 6.10 Å². The Hall–Kier alpha value is -0.880. The van der Waals surface area contributed by atoms with E-state index in [1.807, 2.05) is 0 Å². The Morgan fingerprint density at radius 3 is 1.43 bits per heavy atom. The summed E-state index contributed by atoms with van der Waals surface area (Å²) in [5, 5.41) is 9.67. The van der Waals surface area contributed by atoms with Crippen LogP contribution >= 0.6 is 15.6 Å². The second-order valence-electron chi connectivity index (χ2n) is 13.1. The summed E-state index contributed by atoms with van der Waals surface area (Å²) in [5.74, 6) is 0.410. The third kappa shape index (κ3) is 33.4. The van der Waals surface area contributed by atoms with Gasteiger partial charge in [-0.25, -0.2) is 9.13 Å². The minimum absolute atomic E-state index is 0.133. The van der Waals surface area contributed by atoms with Crippen LogP contribution in [0.15, 0.2) is 0 Å². The van der Waals surface area contributed by atoms with Crippen molar-refractivity contribution in [2.24, 2.45) is 11.8 Å². The molecule has 0 saturated carbocycles. The molecule has 0 amide bonds. The van der Waals surface area contributed by atoms with Crippen molar-refractivity contribution in [3.8, 4) is 0 Å². The average molecular weight is 719 g/mol. The van der Waals surface area contributed by atoms with E-state index in [0.717, 1.165) is 56.8 Å². The van der Waals surface area contributed by atoms with Crippen LogP contribution in [0.5, 0.6) is 0 Å². The van der Waals surface area contributed by atoms with Crippen molar-refractivity contribution >= 4 is 27.6 Å². The van der Waals surface area contributed by atoms with Crippen LogP contribution in [-0.4, -0.2) is 70.4 Å². The van der Waals surface area contributed by atoms with E-state index in [1.54, 1.807) is 0 Å². The maximum atomic E-state index is 12.5. The number of ether oxygens (including phenoxy) is 2. The van der Waals surface area contributed by atoms with Crippen molar-refractivity contribution < 1.29 is 61.6 Å². The molecule has 0 fully saturated rings. The maximum Gasteiger partial charge on any atom is 0.472 e. The van der Waals surface area contributed by atoms with Gasteiger partial charge in [-0.15, -0.1) is 0 Å². The molecule has 4 N–H and O–H groups in total. The number of phosphoric acid groups is 2. The highest BCUT2D eigenvalue weighted by molar-refractivity contribution is 7.47. The van der Waals surface area contributed by atoms with E-state index in [1.165, 1.54) is 44.9 Å². The van der Waals surface area contributed by atoms with E-state index < -0.39 is 59.6 Å². The smallest absolute Gasteiger partial charge is 0.462 e. The Morgan fingerprint density at radius 2 is 0.957 bits per heavy atom. The zero-order chi connectivity index (χ0) is 35.6. The van der Waals surface area contributed by atoms with Crippen LogP contribution in [0, 0.1) is 11.8 Å². The molecule has 15 heteroatoms. The molecule has 0 aromatic heterocycles. The largest absolute Gasteiger partial charge is 0.472 e. The fourth-order valence-electron chi connectivity index (χ4n) is 4.66. The number of aliphatic hydroxyl groups is 1. The normalized spacial score (nSPS) is 14.7. The van der Waals surface area contributed by atoms with E-state index >= 15 is 0 Å². The lowest BCUT2D eigenvalue weighted by atomic mass is 10.0. The van der Waals surface area contributed by atoms with Crippen molar-refractivity contribution in [3.63, 3.8) is 0 Å². The van der Waals surface area contributed by atoms with Gasteiger partial charge in [0.2, 0.25) is 0 Å². The summed E-state index contributed by atoms with van der Waals surface area (Å²) >= 11 is 0. The maximum absolute atomic E-state index is 12.5. The number of phosphoric ester groups is 2. The minimum Gasteiger partial charge on any atom is -0.462 e. The van der Waals surface area contributed by atoms with Gasteiger partial charge in [-0.05, 0) is 24.7 Å². The lowest BCUT2D eigenvalue weighted by Crippen LogP contribution is -2.30. The van der Waals surface area contributed by atoms with E-state index in [4.69, 9.17) is 23.8 Å². The molecule has 0 aliphatic carbocycles. The van der Waals surface area contributed by atoms with Gasteiger partial charge in [0.05, 0.1) is 19.8 Å². The molecule has 47 heavy (non-hydrogen) atoms. The van der Waals surface area contributed by atoms with Gasteiger partial charge in [0.1, 0.15) is 12.7 Å². The number of hydrogen-bond acceptors (Lipinski definition) is 10. The molecule has 0 rings (SSSR count). The van der Waals surface area contributed by atoms with Crippen molar-refractivity contribution in [1.29, 1.82) is 0 Å². The highest BCUT2D eigenvalue weighted by Crippen LogP contribution is 2.43. The van der Waals surface area contributed by atoms with Gasteiger partial charge < -0.3 is 29.3 Å². The summed E-state index contributed by atoms with van der Waals surface area (Å²) in [7, 11) is -9.63. The van der Waals surface area contributed by atoms with Gasteiger partial charge in [0, 0.05) is 12.8 Å². The molecule has 0 saturated heterocycles. The zero-order valence-electron chi connectivity index (χ0n) is 29.2. The average Bonchev–Trinajstić information content (AvgIpc) is 2.98. The second-order valence-corrected chi connectivity index (χ2v) is 15.8. The molecule has 280 valence electrons. The topological polar surface area (TPSA) is 195 Å². The number of hydrogen-bond donors (Lipinski definition) is 4. The Morgan fingerprint density at radius 1 is 0.553 bits per heavy atom. The van der Waals surface area contributed by atoms with Crippen molar-refractivity contribution in [1.82, 2.24) is 0 Å². The summed E-state index contributed by atoms with van der Waals surface area (Å²) in [4.78, 5) is 52.2.